The minimum absolute atomic E-state index is 0.120. The molecule has 1 amide bonds. The first kappa shape index (κ1) is 17.1. The average molecular weight is 332 g/mol. The maximum atomic E-state index is 12.5. The summed E-state index contributed by atoms with van der Waals surface area (Å²) in [5, 5.41) is 0. The van der Waals surface area contributed by atoms with Gasteiger partial charge in [-0.3, -0.25) is 9.59 Å². The van der Waals surface area contributed by atoms with E-state index in [1.54, 1.807) is 6.07 Å². The number of amides is 1. The number of nitrogens with one attached hydrogen (secondary N) is 1. The topological polar surface area (TPSA) is 69.3 Å². The maximum Gasteiger partial charge on any atom is 0.250 e. The van der Waals surface area contributed by atoms with E-state index in [2.05, 4.69) is 14.9 Å². The summed E-state index contributed by atoms with van der Waals surface area (Å²) in [5.41, 5.74) is 0.689. The van der Waals surface area contributed by atoms with Crippen molar-refractivity contribution < 1.29 is 4.79 Å². The summed E-state index contributed by atoms with van der Waals surface area (Å²) in [6.45, 7) is 4.95. The van der Waals surface area contributed by atoms with Crippen molar-refractivity contribution in [2.24, 2.45) is 0 Å². The van der Waals surface area contributed by atoms with Crippen molar-refractivity contribution in [2.75, 3.05) is 32.7 Å². The predicted molar refractivity (Wildman–Crippen MR) is 92.9 cm³/mol. The summed E-state index contributed by atoms with van der Waals surface area (Å²) in [4.78, 5) is 35.2. The second kappa shape index (κ2) is 8.42. The van der Waals surface area contributed by atoms with Gasteiger partial charge in [-0.1, -0.05) is 6.42 Å². The van der Waals surface area contributed by atoms with Crippen molar-refractivity contribution in [1.82, 2.24) is 19.8 Å². The highest BCUT2D eigenvalue weighted by Crippen LogP contribution is 2.25. The van der Waals surface area contributed by atoms with Crippen LogP contribution >= 0.6 is 0 Å². The van der Waals surface area contributed by atoms with Crippen molar-refractivity contribution in [1.29, 1.82) is 0 Å². The molecule has 6 heteroatoms. The highest BCUT2D eigenvalue weighted by molar-refractivity contribution is 5.76. The van der Waals surface area contributed by atoms with E-state index < -0.39 is 0 Å². The molecule has 0 aromatic carbocycles. The van der Waals surface area contributed by atoms with Gasteiger partial charge in [0.2, 0.25) is 5.91 Å². The highest BCUT2D eigenvalue weighted by atomic mass is 16.2. The molecule has 6 nitrogen and oxygen atoms in total. The van der Waals surface area contributed by atoms with Gasteiger partial charge in [0.1, 0.15) is 0 Å². The van der Waals surface area contributed by atoms with E-state index in [9.17, 15) is 9.59 Å². The lowest BCUT2D eigenvalue weighted by atomic mass is 9.94. The Balaban J connectivity index is 1.47. The van der Waals surface area contributed by atoms with Crippen molar-refractivity contribution in [3.05, 3.63) is 28.4 Å². The van der Waals surface area contributed by atoms with Crippen molar-refractivity contribution in [3.8, 4) is 0 Å². The predicted octanol–water partition coefficient (Wildman–Crippen LogP) is 1.74. The fourth-order valence-electron chi connectivity index (χ4n) is 3.85. The van der Waals surface area contributed by atoms with Crippen LogP contribution in [0.25, 0.3) is 0 Å². The van der Waals surface area contributed by atoms with Gasteiger partial charge in [-0.05, 0) is 51.7 Å². The second-order valence-electron chi connectivity index (χ2n) is 7.02. The molecule has 0 spiro atoms. The lowest BCUT2D eigenvalue weighted by Gasteiger charge is -2.33. The Hall–Kier alpha value is -1.69. The Kier molecular flexibility index (Phi) is 6.01. The molecule has 3 rings (SSSR count). The van der Waals surface area contributed by atoms with Crippen molar-refractivity contribution in [2.45, 2.75) is 50.9 Å². The molecule has 2 aliphatic heterocycles. The fraction of sp³-hybridized carbons (Fsp3) is 0.722. The summed E-state index contributed by atoms with van der Waals surface area (Å²) in [7, 11) is 0. The number of H-pyrrole nitrogens is 1. The fourth-order valence-corrected chi connectivity index (χ4v) is 3.85. The van der Waals surface area contributed by atoms with Crippen LogP contribution in [0.3, 0.4) is 0 Å². The molecule has 24 heavy (non-hydrogen) atoms. The van der Waals surface area contributed by atoms with Gasteiger partial charge in [0.15, 0.2) is 0 Å². The molecule has 1 aromatic rings. The van der Waals surface area contributed by atoms with Crippen molar-refractivity contribution in [3.63, 3.8) is 0 Å². The molecule has 0 aliphatic carbocycles. The van der Waals surface area contributed by atoms with Crippen LogP contribution in [0.2, 0.25) is 0 Å². The number of likely N-dealkylation sites (tertiary alicyclic amines) is 2. The quantitative estimate of drug-likeness (QED) is 0.892. The molecule has 2 fully saturated rings. The van der Waals surface area contributed by atoms with E-state index in [0.717, 1.165) is 38.0 Å². The lowest BCUT2D eigenvalue weighted by molar-refractivity contribution is -0.132. The zero-order chi connectivity index (χ0) is 16.8. The Labute approximate surface area is 143 Å². The Morgan fingerprint density at radius 2 is 2.04 bits per heavy atom. The minimum atomic E-state index is -0.120. The number of aromatic nitrogens is 2. The SMILES string of the molecule is O=C(CCCN1CCCCC1)N1CCC[C@H](c2cc(=O)[nH]cn2)C1. The van der Waals surface area contributed by atoms with E-state index >= 15 is 0 Å². The second-order valence-corrected chi connectivity index (χ2v) is 7.02. The minimum Gasteiger partial charge on any atom is -0.342 e. The van der Waals surface area contributed by atoms with Crippen LogP contribution in [0.1, 0.15) is 56.6 Å². The van der Waals surface area contributed by atoms with E-state index in [0.29, 0.717) is 13.0 Å². The molecule has 2 saturated heterocycles. The first-order valence-electron chi connectivity index (χ1n) is 9.27. The first-order valence-corrected chi connectivity index (χ1v) is 9.27. The molecule has 3 heterocycles. The highest BCUT2D eigenvalue weighted by Gasteiger charge is 2.25. The molecule has 0 saturated carbocycles. The third kappa shape index (κ3) is 4.66. The van der Waals surface area contributed by atoms with E-state index in [-0.39, 0.29) is 17.4 Å². The number of nitrogens with zero attached hydrogens (tertiary/aromatic N) is 3. The van der Waals surface area contributed by atoms with Crippen LogP contribution in [0.15, 0.2) is 17.2 Å². The van der Waals surface area contributed by atoms with Crippen molar-refractivity contribution >= 4 is 5.91 Å². The number of hydrogen-bond donors (Lipinski definition) is 1. The number of carbonyl (C=O) groups is 1. The Morgan fingerprint density at radius 1 is 1.21 bits per heavy atom. The number of rotatable bonds is 5. The third-order valence-electron chi connectivity index (χ3n) is 5.21. The van der Waals surface area contributed by atoms with Gasteiger partial charge in [-0.15, -0.1) is 0 Å². The largest absolute Gasteiger partial charge is 0.342 e. The molecule has 2 aliphatic rings. The van der Waals surface area contributed by atoms with Crippen LogP contribution in [-0.4, -0.2) is 58.4 Å². The van der Waals surface area contributed by atoms with Gasteiger partial charge in [0.05, 0.1) is 12.0 Å². The lowest BCUT2D eigenvalue weighted by Crippen LogP contribution is -2.40. The summed E-state index contributed by atoms with van der Waals surface area (Å²) in [5.74, 6) is 0.439. The van der Waals surface area contributed by atoms with Crippen LogP contribution in [0, 0.1) is 0 Å². The summed E-state index contributed by atoms with van der Waals surface area (Å²) >= 11 is 0. The van der Waals surface area contributed by atoms with Crippen LogP contribution in [-0.2, 0) is 4.79 Å². The molecule has 0 unspecified atom stereocenters. The Morgan fingerprint density at radius 3 is 2.83 bits per heavy atom. The molecule has 1 atom stereocenters. The Bertz CT molecular complexity index is 595. The number of hydrogen-bond acceptors (Lipinski definition) is 4. The van der Waals surface area contributed by atoms with Crippen LogP contribution < -0.4 is 5.56 Å². The molecule has 1 N–H and O–H groups in total. The summed E-state index contributed by atoms with van der Waals surface area (Å²) < 4.78 is 0. The van der Waals surface area contributed by atoms with Gasteiger partial charge in [-0.2, -0.15) is 0 Å². The zero-order valence-electron chi connectivity index (χ0n) is 14.4. The molecular weight excluding hydrogens is 304 g/mol. The van der Waals surface area contributed by atoms with Gasteiger partial charge in [-0.25, -0.2) is 4.98 Å². The summed E-state index contributed by atoms with van der Waals surface area (Å²) in [6, 6.07) is 1.56. The van der Waals surface area contributed by atoms with Gasteiger partial charge in [0, 0.05) is 31.5 Å². The average Bonchev–Trinajstić information content (AvgIpc) is 2.63. The summed E-state index contributed by atoms with van der Waals surface area (Å²) in [6.07, 6.45) is 8.95. The molecular formula is C18H28N4O2. The number of piperidine rings is 2. The van der Waals surface area contributed by atoms with Gasteiger partial charge in [0.25, 0.3) is 5.56 Å². The standard InChI is InChI=1S/C18H28N4O2/c23-17-12-16(19-14-20-17)15-6-4-11-22(13-15)18(24)7-5-10-21-8-2-1-3-9-21/h12,14-15H,1-11,13H2,(H,19,20,23)/t15-/m0/s1. The third-order valence-corrected chi connectivity index (χ3v) is 5.21. The monoisotopic (exact) mass is 332 g/mol. The van der Waals surface area contributed by atoms with E-state index in [1.165, 1.54) is 38.7 Å². The number of carbonyl (C=O) groups excluding carboxylic acids is 1. The van der Waals surface area contributed by atoms with Crippen LogP contribution in [0.4, 0.5) is 0 Å². The molecule has 0 bridgehead atoms. The van der Waals surface area contributed by atoms with Crippen LogP contribution in [0.5, 0.6) is 0 Å². The maximum absolute atomic E-state index is 12.5. The zero-order valence-corrected chi connectivity index (χ0v) is 14.4. The molecule has 1 aromatic heterocycles. The van der Waals surface area contributed by atoms with E-state index in [1.807, 2.05) is 4.90 Å². The normalized spacial score (nSPS) is 22.5. The van der Waals surface area contributed by atoms with Gasteiger partial charge >= 0.3 is 0 Å². The van der Waals surface area contributed by atoms with Gasteiger partial charge < -0.3 is 14.8 Å². The van der Waals surface area contributed by atoms with E-state index in [4.69, 9.17) is 0 Å². The first-order chi connectivity index (χ1) is 11.7. The number of aromatic amines is 1. The molecule has 132 valence electrons. The molecule has 0 radical (unpaired) electrons. The smallest absolute Gasteiger partial charge is 0.250 e.